The molecule has 8 heteroatoms. The van der Waals surface area contributed by atoms with Gasteiger partial charge in [-0.25, -0.2) is 4.98 Å². The molecule has 0 radical (unpaired) electrons. The predicted molar refractivity (Wildman–Crippen MR) is 182 cm³/mol. The number of fused-ring (bicyclic) bond motifs is 1. The minimum absolute atomic E-state index is 0.0553. The molecule has 3 aromatic heterocycles. The third-order valence-corrected chi connectivity index (χ3v) is 9.45. The van der Waals surface area contributed by atoms with E-state index in [1.165, 1.54) is 15.3 Å². The predicted octanol–water partition coefficient (Wildman–Crippen LogP) is 9.12. The van der Waals surface area contributed by atoms with E-state index < -0.39 is 5.41 Å². The molecule has 0 bridgehead atoms. The van der Waals surface area contributed by atoms with Gasteiger partial charge in [0.1, 0.15) is 17.4 Å². The maximum atomic E-state index is 13.1. The molecule has 5 aromatic rings. The Kier molecular flexibility index (Phi) is 9.51. The molecule has 5 rings (SSSR count). The van der Waals surface area contributed by atoms with Crippen LogP contribution >= 0.6 is 23.1 Å². The smallest absolute Gasteiger partial charge is 0.311 e. The Balaban J connectivity index is 1.59. The minimum atomic E-state index is -0.708. The number of esters is 1. The molecule has 6 nitrogen and oxygen atoms in total. The van der Waals surface area contributed by atoms with Crippen molar-refractivity contribution in [3.05, 3.63) is 94.9 Å². The Hall–Kier alpha value is -3.62. The van der Waals surface area contributed by atoms with E-state index in [9.17, 15) is 4.79 Å². The number of aromatic nitrogens is 3. The molecule has 0 atom stereocenters. The fraction of sp³-hybridized carbons (Fsp3) is 0.361. The molecule has 0 spiro atoms. The monoisotopic (exact) mass is 627 g/mol. The topological polar surface area (TPSA) is 66.2 Å². The van der Waals surface area contributed by atoms with E-state index in [0.29, 0.717) is 26.2 Å². The number of aryl methyl sites for hydroxylation is 1. The van der Waals surface area contributed by atoms with Gasteiger partial charge in [-0.2, -0.15) is 0 Å². The summed E-state index contributed by atoms with van der Waals surface area (Å²) in [5, 5.41) is 2.15. The molecule has 0 unspecified atom stereocenters. The molecule has 2 aromatic carbocycles. The van der Waals surface area contributed by atoms with Gasteiger partial charge in [-0.3, -0.25) is 9.78 Å². The number of benzene rings is 2. The van der Waals surface area contributed by atoms with Crippen molar-refractivity contribution in [2.75, 3.05) is 6.61 Å². The first kappa shape index (κ1) is 31.8. The lowest BCUT2D eigenvalue weighted by Gasteiger charge is -2.26. The second-order valence-electron chi connectivity index (χ2n) is 12.6. The largest absolute Gasteiger partial charge is 0.487 e. The lowest BCUT2D eigenvalue weighted by molar-refractivity contribution is -0.153. The van der Waals surface area contributed by atoms with Gasteiger partial charge in [0.05, 0.1) is 17.7 Å². The van der Waals surface area contributed by atoms with Crippen molar-refractivity contribution in [2.24, 2.45) is 5.41 Å². The molecule has 0 saturated heterocycles. The Morgan fingerprint density at radius 2 is 1.77 bits per heavy atom. The number of thioether (sulfide) groups is 1. The first-order chi connectivity index (χ1) is 20.9. The fourth-order valence-electron chi connectivity index (χ4n) is 5.10. The van der Waals surface area contributed by atoms with E-state index in [0.717, 1.165) is 38.6 Å². The summed E-state index contributed by atoms with van der Waals surface area (Å²) in [5.41, 5.74) is 4.70. The molecule has 0 amide bonds. The van der Waals surface area contributed by atoms with E-state index in [1.807, 2.05) is 63.0 Å². The zero-order valence-corrected chi connectivity index (χ0v) is 28.3. The normalized spacial score (nSPS) is 12.1. The number of carbonyl (C=O) groups excluding carboxylic acids is 1. The number of hydrogen-bond acceptors (Lipinski definition) is 7. The Labute approximate surface area is 268 Å². The Morgan fingerprint density at radius 3 is 2.41 bits per heavy atom. The third kappa shape index (κ3) is 7.53. The summed E-state index contributed by atoms with van der Waals surface area (Å²) in [6.45, 7) is 16.0. The molecule has 0 aliphatic rings. The van der Waals surface area contributed by atoms with Crippen molar-refractivity contribution < 1.29 is 14.3 Å². The summed E-state index contributed by atoms with van der Waals surface area (Å²) in [6, 6.07) is 20.8. The number of carbonyl (C=O) groups is 1. The summed E-state index contributed by atoms with van der Waals surface area (Å²) in [7, 11) is 0. The zero-order valence-electron chi connectivity index (χ0n) is 26.6. The quantitative estimate of drug-likeness (QED) is 0.107. The van der Waals surface area contributed by atoms with Crippen LogP contribution in [0.25, 0.3) is 21.5 Å². The van der Waals surface area contributed by atoms with Crippen molar-refractivity contribution >= 4 is 40.0 Å². The molecule has 0 fully saturated rings. The van der Waals surface area contributed by atoms with Gasteiger partial charge in [0, 0.05) is 62.0 Å². The standard InChI is InChI=1S/C36H41N3O3S2/c1-8-41-34(40)36(6,7)20-31-32(44-35(3,4)5)29-19-28(42-23-27-11-9-10-18-37-27)16-17-30(29)39(31)22-25-12-14-26(15-13-25)33-38-21-24(2)43-33/h9-19,21H,8,20,22-23H2,1-7H3. The first-order valence-corrected chi connectivity index (χ1v) is 16.6. The Bertz CT molecular complexity index is 1730. The number of hydrogen-bond donors (Lipinski definition) is 0. The molecule has 0 aliphatic heterocycles. The molecular formula is C36H41N3O3S2. The van der Waals surface area contributed by atoms with Crippen LogP contribution in [0.15, 0.2) is 78.0 Å². The SMILES string of the molecule is CCOC(=O)C(C)(C)Cc1c(SC(C)(C)C)c2cc(OCc3ccccn3)ccc2n1Cc1ccc(-c2ncc(C)s2)cc1. The van der Waals surface area contributed by atoms with E-state index in [4.69, 9.17) is 9.47 Å². The highest BCUT2D eigenvalue weighted by atomic mass is 32.2. The maximum absolute atomic E-state index is 13.1. The summed E-state index contributed by atoms with van der Waals surface area (Å²) in [4.78, 5) is 24.5. The molecule has 0 saturated carbocycles. The zero-order chi connectivity index (χ0) is 31.5. The summed E-state index contributed by atoms with van der Waals surface area (Å²) in [6.07, 6.45) is 4.24. The molecule has 0 aliphatic carbocycles. The van der Waals surface area contributed by atoms with Gasteiger partial charge in [-0.05, 0) is 63.6 Å². The number of ether oxygens (including phenoxy) is 2. The van der Waals surface area contributed by atoms with E-state index in [-0.39, 0.29) is 10.7 Å². The van der Waals surface area contributed by atoms with Gasteiger partial charge < -0.3 is 14.0 Å². The van der Waals surface area contributed by atoms with Crippen LogP contribution in [-0.4, -0.2) is 31.9 Å². The van der Waals surface area contributed by atoms with Gasteiger partial charge in [-0.1, -0.05) is 51.1 Å². The summed E-state index contributed by atoms with van der Waals surface area (Å²) >= 11 is 3.53. The van der Waals surface area contributed by atoms with Crippen LogP contribution in [0.5, 0.6) is 5.75 Å². The fourth-order valence-corrected chi connectivity index (χ4v) is 7.06. The maximum Gasteiger partial charge on any atom is 0.311 e. The number of rotatable bonds is 11. The van der Waals surface area contributed by atoms with Gasteiger partial charge >= 0.3 is 5.97 Å². The lowest BCUT2D eigenvalue weighted by Crippen LogP contribution is -2.30. The van der Waals surface area contributed by atoms with E-state index in [2.05, 4.69) is 78.6 Å². The minimum Gasteiger partial charge on any atom is -0.487 e. The van der Waals surface area contributed by atoms with E-state index in [1.54, 1.807) is 17.5 Å². The third-order valence-electron chi connectivity index (χ3n) is 7.21. The van der Waals surface area contributed by atoms with Crippen LogP contribution in [0.2, 0.25) is 0 Å². The summed E-state index contributed by atoms with van der Waals surface area (Å²) < 4.78 is 14.1. The van der Waals surface area contributed by atoms with Gasteiger partial charge in [0.15, 0.2) is 0 Å². The second kappa shape index (κ2) is 13.2. The van der Waals surface area contributed by atoms with E-state index >= 15 is 0 Å². The molecular weight excluding hydrogens is 587 g/mol. The van der Waals surface area contributed by atoms with Crippen LogP contribution in [0, 0.1) is 12.3 Å². The molecule has 0 N–H and O–H groups in total. The van der Waals surface area contributed by atoms with Crippen LogP contribution in [0.1, 0.15) is 63.4 Å². The van der Waals surface area contributed by atoms with Crippen molar-refractivity contribution in [1.82, 2.24) is 14.5 Å². The average molecular weight is 628 g/mol. The number of pyridine rings is 1. The first-order valence-electron chi connectivity index (χ1n) is 15.0. The van der Waals surface area contributed by atoms with Gasteiger partial charge in [0.2, 0.25) is 0 Å². The highest BCUT2D eigenvalue weighted by molar-refractivity contribution is 8.00. The second-order valence-corrected chi connectivity index (χ2v) is 15.7. The molecule has 230 valence electrons. The van der Waals surface area contributed by atoms with Gasteiger partial charge in [-0.15, -0.1) is 23.1 Å². The van der Waals surface area contributed by atoms with Crippen LogP contribution < -0.4 is 4.74 Å². The highest BCUT2D eigenvalue weighted by Gasteiger charge is 2.34. The van der Waals surface area contributed by atoms with Crippen LogP contribution in [-0.2, 0) is 29.1 Å². The average Bonchev–Trinajstić information content (AvgIpc) is 3.53. The van der Waals surface area contributed by atoms with Crippen molar-refractivity contribution in [2.45, 2.75) is 77.7 Å². The van der Waals surface area contributed by atoms with Crippen molar-refractivity contribution in [3.8, 4) is 16.3 Å². The van der Waals surface area contributed by atoms with Crippen LogP contribution in [0.3, 0.4) is 0 Å². The highest BCUT2D eigenvalue weighted by Crippen LogP contribution is 2.44. The Morgan fingerprint density at radius 1 is 1.00 bits per heavy atom. The van der Waals surface area contributed by atoms with Crippen molar-refractivity contribution in [1.29, 1.82) is 0 Å². The number of thiazole rings is 1. The number of nitrogens with zero attached hydrogens (tertiary/aromatic N) is 3. The molecule has 44 heavy (non-hydrogen) atoms. The van der Waals surface area contributed by atoms with Gasteiger partial charge in [0.25, 0.3) is 0 Å². The molecule has 3 heterocycles. The van der Waals surface area contributed by atoms with Crippen molar-refractivity contribution in [3.63, 3.8) is 0 Å². The van der Waals surface area contributed by atoms with Crippen LogP contribution in [0.4, 0.5) is 0 Å². The summed E-state index contributed by atoms with van der Waals surface area (Å²) in [5.74, 6) is 0.598. The lowest BCUT2D eigenvalue weighted by atomic mass is 9.87.